The molecule has 0 radical (unpaired) electrons. The molecule has 120 valence electrons. The van der Waals surface area contributed by atoms with Crippen molar-refractivity contribution in [3.05, 3.63) is 58.7 Å². The fraction of sp³-hybridized carbons (Fsp3) is 0. The SMILES string of the molecule is O=Cc1cc(/N=N/c2cc(C=O)cc(C(=O)O)c2)cc(C(=O)O)c1. The van der Waals surface area contributed by atoms with Crippen molar-refractivity contribution in [2.45, 2.75) is 0 Å². The van der Waals surface area contributed by atoms with Crippen molar-refractivity contribution < 1.29 is 29.4 Å². The lowest BCUT2D eigenvalue weighted by atomic mass is 10.1. The summed E-state index contributed by atoms with van der Waals surface area (Å²) in [5.74, 6) is -2.46. The maximum Gasteiger partial charge on any atom is 0.335 e. The third kappa shape index (κ3) is 3.95. The number of carbonyl (C=O) groups is 4. The van der Waals surface area contributed by atoms with Crippen LogP contribution in [0.1, 0.15) is 41.4 Å². The van der Waals surface area contributed by atoms with Gasteiger partial charge in [0, 0.05) is 11.1 Å². The predicted molar refractivity (Wildman–Crippen MR) is 81.8 cm³/mol. The van der Waals surface area contributed by atoms with Gasteiger partial charge in [-0.05, 0) is 36.4 Å². The highest BCUT2D eigenvalue weighted by atomic mass is 16.4. The molecule has 2 aromatic rings. The zero-order chi connectivity index (χ0) is 17.7. The smallest absolute Gasteiger partial charge is 0.335 e. The second-order valence-corrected chi connectivity index (χ2v) is 4.67. The Labute approximate surface area is 135 Å². The van der Waals surface area contributed by atoms with E-state index in [-0.39, 0.29) is 33.6 Å². The Morgan fingerprint density at radius 3 is 1.38 bits per heavy atom. The van der Waals surface area contributed by atoms with Crippen molar-refractivity contribution in [1.82, 2.24) is 0 Å². The summed E-state index contributed by atoms with van der Waals surface area (Å²) in [5, 5.41) is 25.6. The lowest BCUT2D eigenvalue weighted by Gasteiger charge is -2.01. The van der Waals surface area contributed by atoms with Crippen LogP contribution >= 0.6 is 0 Å². The van der Waals surface area contributed by atoms with Crippen molar-refractivity contribution in [2.75, 3.05) is 0 Å². The molecule has 2 rings (SSSR count). The normalized spacial score (nSPS) is 10.5. The lowest BCUT2D eigenvalue weighted by Crippen LogP contribution is -1.97. The van der Waals surface area contributed by atoms with Gasteiger partial charge in [-0.1, -0.05) is 0 Å². The Kier molecular flexibility index (Phi) is 4.90. The number of azo groups is 1. The summed E-state index contributed by atoms with van der Waals surface area (Å²) in [6.45, 7) is 0. The van der Waals surface area contributed by atoms with Gasteiger partial charge in [0.15, 0.2) is 0 Å². The fourth-order valence-corrected chi connectivity index (χ4v) is 1.88. The number of benzene rings is 2. The molecule has 0 fully saturated rings. The highest BCUT2D eigenvalue weighted by Gasteiger charge is 2.08. The molecule has 0 heterocycles. The molecule has 0 saturated carbocycles. The zero-order valence-corrected chi connectivity index (χ0v) is 12.0. The molecule has 0 aliphatic rings. The number of carboxylic acids is 2. The molecule has 0 spiro atoms. The van der Waals surface area contributed by atoms with Crippen LogP contribution in [0.3, 0.4) is 0 Å². The van der Waals surface area contributed by atoms with E-state index in [0.717, 1.165) is 0 Å². The largest absolute Gasteiger partial charge is 0.478 e. The topological polar surface area (TPSA) is 133 Å². The monoisotopic (exact) mass is 326 g/mol. The minimum atomic E-state index is -1.23. The van der Waals surface area contributed by atoms with Crippen LogP contribution < -0.4 is 0 Å². The molecule has 0 aromatic heterocycles. The van der Waals surface area contributed by atoms with E-state index in [4.69, 9.17) is 10.2 Å². The van der Waals surface area contributed by atoms with Gasteiger partial charge >= 0.3 is 11.9 Å². The predicted octanol–water partition coefficient (Wildman–Crippen LogP) is 3.12. The first-order valence-electron chi connectivity index (χ1n) is 6.52. The van der Waals surface area contributed by atoms with Gasteiger partial charge in [-0.3, -0.25) is 9.59 Å². The molecule has 0 unspecified atom stereocenters. The van der Waals surface area contributed by atoms with Crippen LogP contribution in [-0.4, -0.2) is 34.7 Å². The number of aromatic carboxylic acids is 2. The minimum absolute atomic E-state index is 0.102. The number of aldehydes is 2. The third-order valence-electron chi connectivity index (χ3n) is 2.93. The molecule has 0 aliphatic heterocycles. The van der Waals surface area contributed by atoms with E-state index >= 15 is 0 Å². The van der Waals surface area contributed by atoms with Crippen molar-refractivity contribution in [1.29, 1.82) is 0 Å². The van der Waals surface area contributed by atoms with Crippen molar-refractivity contribution in [3.8, 4) is 0 Å². The molecule has 2 N–H and O–H groups in total. The van der Waals surface area contributed by atoms with E-state index in [9.17, 15) is 19.2 Å². The van der Waals surface area contributed by atoms with E-state index in [0.29, 0.717) is 12.6 Å². The average Bonchev–Trinajstić information content (AvgIpc) is 2.59. The van der Waals surface area contributed by atoms with Gasteiger partial charge in [-0.15, -0.1) is 0 Å². The number of carboxylic acid groups (broad SMARTS) is 2. The highest BCUT2D eigenvalue weighted by Crippen LogP contribution is 2.23. The molecule has 0 atom stereocenters. The van der Waals surface area contributed by atoms with Gasteiger partial charge in [-0.2, -0.15) is 10.2 Å². The van der Waals surface area contributed by atoms with Gasteiger partial charge in [0.2, 0.25) is 0 Å². The molecule has 0 aliphatic carbocycles. The second kappa shape index (κ2) is 7.05. The standard InChI is InChI=1S/C16H10N2O6/c19-7-9-1-11(15(21)22)5-13(3-9)17-18-14-4-10(8-20)2-12(6-14)16(23)24/h1-8H,(H,21,22)(H,23,24)/b18-17+. The van der Waals surface area contributed by atoms with Crippen molar-refractivity contribution in [3.63, 3.8) is 0 Å². The van der Waals surface area contributed by atoms with Gasteiger partial charge in [0.25, 0.3) is 0 Å². The number of rotatable bonds is 6. The van der Waals surface area contributed by atoms with Crippen LogP contribution in [0.5, 0.6) is 0 Å². The van der Waals surface area contributed by atoms with Crippen molar-refractivity contribution in [2.24, 2.45) is 10.2 Å². The third-order valence-corrected chi connectivity index (χ3v) is 2.93. The van der Waals surface area contributed by atoms with Crippen LogP contribution in [0.25, 0.3) is 0 Å². The maximum absolute atomic E-state index is 11.0. The molecule has 0 bridgehead atoms. The summed E-state index contributed by atoms with van der Waals surface area (Å²) in [5.41, 5.74) is 0.145. The number of hydrogen-bond acceptors (Lipinski definition) is 6. The molecule has 2 aromatic carbocycles. The quantitative estimate of drug-likeness (QED) is 0.618. The highest BCUT2D eigenvalue weighted by molar-refractivity contribution is 5.92. The first-order chi connectivity index (χ1) is 11.4. The molecular weight excluding hydrogens is 316 g/mol. The Morgan fingerprint density at radius 1 is 0.708 bits per heavy atom. The van der Waals surface area contributed by atoms with Crippen molar-refractivity contribution >= 4 is 35.9 Å². The van der Waals surface area contributed by atoms with E-state index in [1.54, 1.807) is 0 Å². The van der Waals surface area contributed by atoms with Crippen LogP contribution in [-0.2, 0) is 0 Å². The molecular formula is C16H10N2O6. The summed E-state index contributed by atoms with van der Waals surface area (Å²) in [6, 6.07) is 7.43. The summed E-state index contributed by atoms with van der Waals surface area (Å²) in [4.78, 5) is 43.7. The Balaban J connectivity index is 2.44. The molecule has 0 saturated heterocycles. The lowest BCUT2D eigenvalue weighted by molar-refractivity contribution is 0.0686. The van der Waals surface area contributed by atoms with Gasteiger partial charge in [-0.25, -0.2) is 9.59 Å². The van der Waals surface area contributed by atoms with Gasteiger partial charge < -0.3 is 10.2 Å². The molecule has 0 amide bonds. The maximum atomic E-state index is 11.0. The Bertz CT molecular complexity index is 801. The van der Waals surface area contributed by atoms with Crippen LogP contribution in [0, 0.1) is 0 Å². The Hall–Kier alpha value is -3.68. The first-order valence-corrected chi connectivity index (χ1v) is 6.52. The number of nitrogens with zero attached hydrogens (tertiary/aromatic N) is 2. The summed E-state index contributed by atoms with van der Waals surface area (Å²) in [7, 11) is 0. The van der Waals surface area contributed by atoms with Crippen LogP contribution in [0.4, 0.5) is 11.4 Å². The van der Waals surface area contributed by atoms with Crippen LogP contribution in [0.2, 0.25) is 0 Å². The summed E-state index contributed by atoms with van der Waals surface area (Å²) in [6.07, 6.45) is 0.946. The molecule has 8 heteroatoms. The number of carbonyl (C=O) groups excluding carboxylic acids is 2. The first kappa shape index (κ1) is 16.7. The average molecular weight is 326 g/mol. The minimum Gasteiger partial charge on any atom is -0.478 e. The summed E-state index contributed by atoms with van der Waals surface area (Å²) >= 11 is 0. The second-order valence-electron chi connectivity index (χ2n) is 4.67. The van der Waals surface area contributed by atoms with E-state index < -0.39 is 11.9 Å². The Morgan fingerprint density at radius 2 is 1.08 bits per heavy atom. The zero-order valence-electron chi connectivity index (χ0n) is 12.0. The van der Waals surface area contributed by atoms with Crippen LogP contribution in [0.15, 0.2) is 46.6 Å². The van der Waals surface area contributed by atoms with E-state index in [1.807, 2.05) is 0 Å². The van der Waals surface area contributed by atoms with E-state index in [2.05, 4.69) is 10.2 Å². The summed E-state index contributed by atoms with van der Waals surface area (Å²) < 4.78 is 0. The van der Waals surface area contributed by atoms with Gasteiger partial charge in [0.05, 0.1) is 22.5 Å². The molecule has 24 heavy (non-hydrogen) atoms. The van der Waals surface area contributed by atoms with Gasteiger partial charge in [0.1, 0.15) is 12.6 Å². The molecule has 8 nitrogen and oxygen atoms in total. The van der Waals surface area contributed by atoms with E-state index in [1.165, 1.54) is 36.4 Å². The number of hydrogen-bond donors (Lipinski definition) is 2. The fourth-order valence-electron chi connectivity index (χ4n) is 1.88.